The van der Waals surface area contributed by atoms with Crippen molar-refractivity contribution in [2.24, 2.45) is 7.05 Å². The highest BCUT2D eigenvalue weighted by molar-refractivity contribution is 5.78. The van der Waals surface area contributed by atoms with Crippen molar-refractivity contribution < 1.29 is 9.53 Å². The van der Waals surface area contributed by atoms with E-state index in [1.807, 2.05) is 20.3 Å². The number of hydrogen-bond donors (Lipinski definition) is 0. The molecule has 0 aromatic carbocycles. The lowest BCUT2D eigenvalue weighted by molar-refractivity contribution is -0.145. The number of rotatable bonds is 1. The number of esters is 1. The van der Waals surface area contributed by atoms with E-state index in [0.29, 0.717) is 0 Å². The van der Waals surface area contributed by atoms with Gasteiger partial charge in [0.25, 0.3) is 0 Å². The van der Waals surface area contributed by atoms with Gasteiger partial charge in [0.05, 0.1) is 12.0 Å². The molecule has 2 atom stereocenters. The summed E-state index contributed by atoms with van der Waals surface area (Å²) in [5.74, 6) is -0.0723. The molecule has 0 radical (unpaired) electrons. The van der Waals surface area contributed by atoms with Crippen molar-refractivity contribution >= 4 is 5.97 Å². The van der Waals surface area contributed by atoms with Gasteiger partial charge in [0.2, 0.25) is 0 Å². The minimum atomic E-state index is -0.0723. The van der Waals surface area contributed by atoms with Gasteiger partial charge in [-0.2, -0.15) is 0 Å². The Balaban J connectivity index is 1.78. The summed E-state index contributed by atoms with van der Waals surface area (Å²) in [6.07, 6.45) is 3.67. The van der Waals surface area contributed by atoms with Gasteiger partial charge in [0, 0.05) is 38.7 Å². The molecule has 0 N–H and O–H groups in total. The van der Waals surface area contributed by atoms with Crippen LogP contribution >= 0.6 is 0 Å². The summed E-state index contributed by atoms with van der Waals surface area (Å²) >= 11 is 0. The summed E-state index contributed by atoms with van der Waals surface area (Å²) in [5.41, 5.74) is 2.40. The topological polar surface area (TPSA) is 47.4 Å². The normalized spacial score (nSPS) is 29.2. The molecule has 5 heteroatoms. The van der Waals surface area contributed by atoms with E-state index in [4.69, 9.17) is 4.74 Å². The van der Waals surface area contributed by atoms with Crippen LogP contribution in [0.4, 0.5) is 0 Å². The van der Waals surface area contributed by atoms with E-state index in [2.05, 4.69) is 14.5 Å². The Morgan fingerprint density at radius 2 is 2.35 bits per heavy atom. The van der Waals surface area contributed by atoms with Gasteiger partial charge in [0.15, 0.2) is 0 Å². The Labute approximate surface area is 100 Å². The number of carbonyl (C=O) groups excluding carboxylic acids is 1. The minimum absolute atomic E-state index is 0.0534. The summed E-state index contributed by atoms with van der Waals surface area (Å²) in [5, 5.41) is 0. The molecule has 5 nitrogen and oxygen atoms in total. The largest absolute Gasteiger partial charge is 0.461 e. The molecule has 0 aliphatic carbocycles. The minimum Gasteiger partial charge on any atom is -0.461 e. The molecule has 0 saturated carbocycles. The molecule has 1 fully saturated rings. The smallest absolute Gasteiger partial charge is 0.323 e. The van der Waals surface area contributed by atoms with Crippen LogP contribution < -0.4 is 0 Å². The maximum absolute atomic E-state index is 11.7. The van der Waals surface area contributed by atoms with Crippen molar-refractivity contribution in [3.63, 3.8) is 0 Å². The van der Waals surface area contributed by atoms with Crippen molar-refractivity contribution in [3.8, 4) is 0 Å². The highest BCUT2D eigenvalue weighted by Crippen LogP contribution is 2.25. The van der Waals surface area contributed by atoms with Crippen molar-refractivity contribution in [2.45, 2.75) is 38.5 Å². The first-order chi connectivity index (χ1) is 8.15. The lowest BCUT2D eigenvalue weighted by atomic mass is 10.1. The molecule has 17 heavy (non-hydrogen) atoms. The third-order valence-electron chi connectivity index (χ3n) is 3.72. The molecule has 0 unspecified atom stereocenters. The van der Waals surface area contributed by atoms with Crippen LogP contribution in [-0.2, 0) is 29.5 Å². The van der Waals surface area contributed by atoms with Crippen LogP contribution in [0.3, 0.4) is 0 Å². The number of ether oxygens (including phenoxy) is 1. The first-order valence-electron chi connectivity index (χ1n) is 6.09. The molecule has 2 aliphatic rings. The van der Waals surface area contributed by atoms with Crippen molar-refractivity contribution in [1.82, 2.24) is 14.5 Å². The van der Waals surface area contributed by atoms with Crippen LogP contribution in [0.15, 0.2) is 6.33 Å². The van der Waals surface area contributed by atoms with E-state index >= 15 is 0 Å². The fraction of sp³-hybridized carbons (Fsp3) is 0.667. The average molecular weight is 235 g/mol. The van der Waals surface area contributed by atoms with Crippen LogP contribution in [0.5, 0.6) is 0 Å². The lowest BCUT2D eigenvalue weighted by Gasteiger charge is -2.29. The molecule has 3 heterocycles. The Kier molecular flexibility index (Phi) is 2.43. The van der Waals surface area contributed by atoms with E-state index < -0.39 is 0 Å². The highest BCUT2D eigenvalue weighted by Gasteiger charge is 2.38. The summed E-state index contributed by atoms with van der Waals surface area (Å²) < 4.78 is 7.29. The number of cyclic esters (lactones) is 1. The van der Waals surface area contributed by atoms with E-state index in [0.717, 1.165) is 31.6 Å². The third kappa shape index (κ3) is 1.74. The van der Waals surface area contributed by atoms with Crippen LogP contribution in [0.2, 0.25) is 0 Å². The van der Waals surface area contributed by atoms with Crippen LogP contribution in [0.25, 0.3) is 0 Å². The number of fused-ring (bicyclic) bond motifs is 1. The first-order valence-corrected chi connectivity index (χ1v) is 6.09. The number of hydrogen-bond acceptors (Lipinski definition) is 4. The monoisotopic (exact) mass is 235 g/mol. The Hall–Kier alpha value is -1.36. The van der Waals surface area contributed by atoms with Crippen molar-refractivity contribution in [1.29, 1.82) is 0 Å². The standard InChI is InChI=1S/C12H17N3O2/c1-8-5-11(12(16)17-8)15-4-3-10-9(6-15)13-7-14(10)2/h7-8,11H,3-6H2,1-2H3/t8-,11+/m1/s1. The van der Waals surface area contributed by atoms with Crippen LogP contribution in [0, 0.1) is 0 Å². The van der Waals surface area contributed by atoms with Gasteiger partial charge in [-0.15, -0.1) is 0 Å². The predicted octanol–water partition coefficient (Wildman–Crippen LogP) is 0.482. The van der Waals surface area contributed by atoms with Crippen molar-refractivity contribution in [3.05, 3.63) is 17.7 Å². The molecule has 2 aliphatic heterocycles. The number of aromatic nitrogens is 2. The van der Waals surface area contributed by atoms with Gasteiger partial charge in [-0.25, -0.2) is 4.98 Å². The number of imidazole rings is 1. The fourth-order valence-electron chi connectivity index (χ4n) is 2.78. The average Bonchev–Trinajstić information content (AvgIpc) is 2.82. The van der Waals surface area contributed by atoms with E-state index in [9.17, 15) is 4.79 Å². The second-order valence-electron chi connectivity index (χ2n) is 4.97. The summed E-state index contributed by atoms with van der Waals surface area (Å²) in [6.45, 7) is 3.63. The molecule has 1 saturated heterocycles. The van der Waals surface area contributed by atoms with Crippen LogP contribution in [-0.4, -0.2) is 39.1 Å². The fourth-order valence-corrected chi connectivity index (χ4v) is 2.78. The zero-order valence-electron chi connectivity index (χ0n) is 10.2. The Bertz CT molecular complexity index is 455. The number of carbonyl (C=O) groups is 1. The van der Waals surface area contributed by atoms with Crippen LogP contribution in [0.1, 0.15) is 24.7 Å². The molecular formula is C12H17N3O2. The van der Waals surface area contributed by atoms with Gasteiger partial charge in [-0.3, -0.25) is 9.69 Å². The van der Waals surface area contributed by atoms with Gasteiger partial charge in [0.1, 0.15) is 12.1 Å². The summed E-state index contributed by atoms with van der Waals surface area (Å²) in [4.78, 5) is 18.3. The summed E-state index contributed by atoms with van der Waals surface area (Å²) in [6, 6.07) is -0.0693. The molecule has 1 aromatic heterocycles. The number of nitrogens with zero attached hydrogens (tertiary/aromatic N) is 3. The Morgan fingerprint density at radius 1 is 1.53 bits per heavy atom. The maximum Gasteiger partial charge on any atom is 0.323 e. The molecule has 92 valence electrons. The second-order valence-corrected chi connectivity index (χ2v) is 4.97. The molecule has 1 aromatic rings. The van der Waals surface area contributed by atoms with E-state index in [1.54, 1.807) is 0 Å². The highest BCUT2D eigenvalue weighted by atomic mass is 16.6. The molecule has 0 bridgehead atoms. The van der Waals surface area contributed by atoms with Gasteiger partial charge in [-0.05, 0) is 6.92 Å². The SMILES string of the molecule is C[C@@H]1C[C@H](N2CCc3c(ncn3C)C2)C(=O)O1. The van der Waals surface area contributed by atoms with E-state index in [1.165, 1.54) is 5.69 Å². The molecule has 3 rings (SSSR count). The summed E-state index contributed by atoms with van der Waals surface area (Å²) in [7, 11) is 2.02. The second kappa shape index (κ2) is 3.84. The third-order valence-corrected chi connectivity index (χ3v) is 3.72. The molecule has 0 spiro atoms. The zero-order valence-corrected chi connectivity index (χ0v) is 10.2. The van der Waals surface area contributed by atoms with E-state index in [-0.39, 0.29) is 18.1 Å². The zero-order chi connectivity index (χ0) is 12.0. The maximum atomic E-state index is 11.7. The predicted molar refractivity (Wildman–Crippen MR) is 61.3 cm³/mol. The molecular weight excluding hydrogens is 218 g/mol. The Morgan fingerprint density at radius 3 is 3.06 bits per heavy atom. The van der Waals surface area contributed by atoms with Gasteiger partial charge < -0.3 is 9.30 Å². The lowest BCUT2D eigenvalue weighted by Crippen LogP contribution is -2.42. The quantitative estimate of drug-likeness (QED) is 0.664. The molecule has 0 amide bonds. The number of aryl methyl sites for hydroxylation is 1. The first kappa shape index (κ1) is 10.8. The van der Waals surface area contributed by atoms with Crippen molar-refractivity contribution in [2.75, 3.05) is 6.54 Å². The van der Waals surface area contributed by atoms with Gasteiger partial charge in [-0.1, -0.05) is 0 Å². The van der Waals surface area contributed by atoms with Gasteiger partial charge >= 0.3 is 5.97 Å².